The van der Waals surface area contributed by atoms with Crippen LogP contribution in [0.2, 0.25) is 5.02 Å². The molecular weight excluding hydrogens is 350 g/mol. The van der Waals surface area contributed by atoms with E-state index in [-0.39, 0.29) is 35.7 Å². The highest BCUT2D eigenvalue weighted by molar-refractivity contribution is 6.31. The average molecular weight is 368 g/mol. The largest absolute Gasteiger partial charge is 0.463 e. The lowest BCUT2D eigenvalue weighted by Crippen LogP contribution is -2.50. The van der Waals surface area contributed by atoms with Crippen molar-refractivity contribution in [2.75, 3.05) is 18.9 Å². The van der Waals surface area contributed by atoms with E-state index in [1.54, 1.807) is 13.8 Å². The first-order valence-electron chi connectivity index (χ1n) is 7.53. The molecular formula is C16H18ClN3O5. The molecule has 0 aromatic heterocycles. The van der Waals surface area contributed by atoms with Crippen molar-refractivity contribution < 1.29 is 23.9 Å². The number of urea groups is 1. The van der Waals surface area contributed by atoms with Gasteiger partial charge in [0, 0.05) is 10.7 Å². The molecule has 1 aromatic rings. The highest BCUT2D eigenvalue weighted by Gasteiger charge is 2.30. The second-order valence-corrected chi connectivity index (χ2v) is 5.68. The molecule has 0 bridgehead atoms. The Labute approximate surface area is 149 Å². The quantitative estimate of drug-likeness (QED) is 0.537. The number of nitrogen functional groups attached to an aromatic ring is 1. The van der Waals surface area contributed by atoms with E-state index in [0.717, 1.165) is 0 Å². The van der Waals surface area contributed by atoms with E-state index >= 15 is 0 Å². The maximum atomic E-state index is 12.2. The van der Waals surface area contributed by atoms with Gasteiger partial charge in [-0.05, 0) is 32.0 Å². The monoisotopic (exact) mass is 367 g/mol. The summed E-state index contributed by atoms with van der Waals surface area (Å²) in [6.45, 7) is 3.16. The molecule has 1 atom stereocenters. The van der Waals surface area contributed by atoms with E-state index in [9.17, 15) is 14.4 Å². The lowest BCUT2D eigenvalue weighted by molar-refractivity contribution is -0.139. The number of amides is 2. The number of benzene rings is 1. The number of nitrogens with one attached hydrogen (secondary N) is 2. The number of halogens is 1. The first-order chi connectivity index (χ1) is 11.8. The number of hydrogen-bond acceptors (Lipinski definition) is 6. The summed E-state index contributed by atoms with van der Waals surface area (Å²) in [6.07, 6.45) is 0. The van der Waals surface area contributed by atoms with E-state index in [1.165, 1.54) is 18.2 Å². The fourth-order valence-corrected chi connectivity index (χ4v) is 2.51. The first-order valence-corrected chi connectivity index (χ1v) is 7.91. The molecule has 4 N–H and O–H groups in total. The number of anilines is 1. The van der Waals surface area contributed by atoms with Gasteiger partial charge in [-0.15, -0.1) is 0 Å². The molecule has 0 aliphatic carbocycles. The average Bonchev–Trinajstić information content (AvgIpc) is 2.52. The van der Waals surface area contributed by atoms with Crippen molar-refractivity contribution in [2.45, 2.75) is 19.9 Å². The Morgan fingerprint density at radius 3 is 2.64 bits per heavy atom. The molecule has 1 aliphatic heterocycles. The van der Waals surface area contributed by atoms with Crippen LogP contribution in [0.25, 0.3) is 0 Å². The van der Waals surface area contributed by atoms with Gasteiger partial charge in [0.15, 0.2) is 0 Å². The summed E-state index contributed by atoms with van der Waals surface area (Å²) in [4.78, 5) is 35.9. The van der Waals surface area contributed by atoms with E-state index in [4.69, 9.17) is 26.8 Å². The van der Waals surface area contributed by atoms with Crippen molar-refractivity contribution in [3.63, 3.8) is 0 Å². The van der Waals surface area contributed by atoms with Crippen molar-refractivity contribution in [3.05, 3.63) is 40.1 Å². The van der Waals surface area contributed by atoms with Gasteiger partial charge in [-0.1, -0.05) is 11.6 Å². The van der Waals surface area contributed by atoms with Crippen LogP contribution in [0.4, 0.5) is 10.5 Å². The molecule has 0 radical (unpaired) electrons. The van der Waals surface area contributed by atoms with E-state index in [2.05, 4.69) is 10.6 Å². The molecule has 2 rings (SSSR count). The minimum Gasteiger partial charge on any atom is -0.463 e. The summed E-state index contributed by atoms with van der Waals surface area (Å²) in [5, 5.41) is 5.40. The lowest BCUT2D eigenvalue weighted by atomic mass is 10.0. The Kier molecular flexibility index (Phi) is 5.87. The SMILES string of the molecule is CCOC(=O)C1=C(COC(=O)c2ccc(Cl)cc2N)NC(=O)N[C@@H]1C. The standard InChI is InChI=1S/C16H18ClN3O5/c1-3-24-15(22)13-8(2)19-16(23)20-12(13)7-25-14(21)10-5-4-9(17)6-11(10)18/h4-6,8H,3,7,18H2,1-2H3,(H2,19,20,23)/t8-/m1/s1. The normalized spacial score (nSPS) is 16.8. The summed E-state index contributed by atoms with van der Waals surface area (Å²) >= 11 is 5.79. The smallest absolute Gasteiger partial charge is 0.340 e. The van der Waals surface area contributed by atoms with Crippen molar-refractivity contribution in [1.29, 1.82) is 0 Å². The zero-order valence-corrected chi connectivity index (χ0v) is 14.5. The Balaban J connectivity index is 2.19. The molecule has 8 nitrogen and oxygen atoms in total. The maximum Gasteiger partial charge on any atom is 0.340 e. The van der Waals surface area contributed by atoms with E-state index in [0.29, 0.717) is 5.02 Å². The summed E-state index contributed by atoms with van der Waals surface area (Å²) < 4.78 is 10.2. The van der Waals surface area contributed by atoms with Crippen LogP contribution in [0.1, 0.15) is 24.2 Å². The number of rotatable bonds is 5. The van der Waals surface area contributed by atoms with Crippen LogP contribution in [-0.2, 0) is 14.3 Å². The van der Waals surface area contributed by atoms with Crippen molar-refractivity contribution in [2.24, 2.45) is 0 Å². The zero-order valence-electron chi connectivity index (χ0n) is 13.7. The van der Waals surface area contributed by atoms with Crippen molar-refractivity contribution in [1.82, 2.24) is 10.6 Å². The summed E-state index contributed by atoms with van der Waals surface area (Å²) in [6, 6.07) is 3.28. The van der Waals surface area contributed by atoms with Crippen LogP contribution in [0.15, 0.2) is 29.5 Å². The number of carbonyl (C=O) groups excluding carboxylic acids is 3. The molecule has 1 aliphatic rings. The van der Waals surface area contributed by atoms with Crippen molar-refractivity contribution in [3.8, 4) is 0 Å². The Hall–Kier alpha value is -2.74. The van der Waals surface area contributed by atoms with Crippen molar-refractivity contribution >= 4 is 35.3 Å². The molecule has 0 saturated carbocycles. The Morgan fingerprint density at radius 1 is 1.28 bits per heavy atom. The summed E-state index contributed by atoms with van der Waals surface area (Å²) in [7, 11) is 0. The topological polar surface area (TPSA) is 120 Å². The second-order valence-electron chi connectivity index (χ2n) is 5.24. The van der Waals surface area contributed by atoms with Gasteiger partial charge in [0.25, 0.3) is 0 Å². The third-order valence-corrected chi connectivity index (χ3v) is 3.68. The minimum absolute atomic E-state index is 0.135. The van der Waals surface area contributed by atoms with E-state index in [1.807, 2.05) is 0 Å². The Bertz CT molecular complexity index is 747. The fraction of sp³-hybridized carbons (Fsp3) is 0.312. The molecule has 0 spiro atoms. The number of hydrogen-bond donors (Lipinski definition) is 3. The third-order valence-electron chi connectivity index (χ3n) is 3.45. The second kappa shape index (κ2) is 7.89. The van der Waals surface area contributed by atoms with Gasteiger partial charge in [-0.2, -0.15) is 0 Å². The van der Waals surface area contributed by atoms with Gasteiger partial charge < -0.3 is 25.8 Å². The van der Waals surface area contributed by atoms with Crippen LogP contribution in [0.5, 0.6) is 0 Å². The molecule has 134 valence electrons. The highest BCUT2D eigenvalue weighted by atomic mass is 35.5. The predicted octanol–water partition coefficient (Wildman–Crippen LogP) is 1.60. The van der Waals surface area contributed by atoms with Crippen LogP contribution < -0.4 is 16.4 Å². The molecule has 25 heavy (non-hydrogen) atoms. The van der Waals surface area contributed by atoms with Crippen LogP contribution >= 0.6 is 11.6 Å². The molecule has 1 aromatic carbocycles. The van der Waals surface area contributed by atoms with Crippen LogP contribution in [0, 0.1) is 0 Å². The number of ether oxygens (including phenoxy) is 2. The van der Waals surface area contributed by atoms with Gasteiger partial charge in [-0.3, -0.25) is 0 Å². The summed E-state index contributed by atoms with van der Waals surface area (Å²) in [5.74, 6) is -1.30. The van der Waals surface area contributed by atoms with Gasteiger partial charge in [-0.25, -0.2) is 14.4 Å². The highest BCUT2D eigenvalue weighted by Crippen LogP contribution is 2.20. The molecule has 9 heteroatoms. The minimum atomic E-state index is -0.703. The number of nitrogens with two attached hydrogens (primary N) is 1. The summed E-state index contributed by atoms with van der Waals surface area (Å²) in [5.41, 5.74) is 6.40. The predicted molar refractivity (Wildman–Crippen MR) is 90.9 cm³/mol. The van der Waals surface area contributed by atoms with Gasteiger partial charge >= 0.3 is 18.0 Å². The molecule has 0 fully saturated rings. The number of esters is 2. The maximum absolute atomic E-state index is 12.2. The van der Waals surface area contributed by atoms with E-state index < -0.39 is 24.0 Å². The van der Waals surface area contributed by atoms with Gasteiger partial charge in [0.1, 0.15) is 6.61 Å². The fourth-order valence-electron chi connectivity index (χ4n) is 2.33. The lowest BCUT2D eigenvalue weighted by Gasteiger charge is -2.26. The number of carbonyl (C=O) groups is 3. The van der Waals surface area contributed by atoms with Gasteiger partial charge in [0.2, 0.25) is 0 Å². The Morgan fingerprint density at radius 2 is 2.00 bits per heavy atom. The first kappa shape index (κ1) is 18.6. The van der Waals surface area contributed by atoms with Crippen LogP contribution in [0.3, 0.4) is 0 Å². The molecule has 0 unspecified atom stereocenters. The van der Waals surface area contributed by atoms with Gasteiger partial charge in [0.05, 0.1) is 29.5 Å². The van der Waals surface area contributed by atoms with Crippen LogP contribution in [-0.4, -0.2) is 37.2 Å². The molecule has 1 heterocycles. The third kappa shape index (κ3) is 4.42. The molecule has 0 saturated heterocycles. The molecule has 2 amide bonds. The zero-order chi connectivity index (χ0) is 18.6.